The molecule has 17 heavy (non-hydrogen) atoms. The molecule has 0 aliphatic carbocycles. The average Bonchev–Trinajstić information content (AvgIpc) is 2.14. The molecule has 1 rings (SSSR count). The van der Waals surface area contributed by atoms with E-state index in [1.165, 1.54) is 0 Å². The summed E-state index contributed by atoms with van der Waals surface area (Å²) in [6.45, 7) is 0. The number of pyridine rings is 1. The molecule has 0 fully saturated rings. The molecular weight excluding hydrogens is 305 g/mol. The minimum Gasteiger partial charge on any atom is -0.258 e. The van der Waals surface area contributed by atoms with Crippen molar-refractivity contribution in [3.63, 3.8) is 0 Å². The number of rotatable bonds is 3. The maximum atomic E-state index is 12.5. The predicted molar refractivity (Wildman–Crippen MR) is 53.9 cm³/mol. The van der Waals surface area contributed by atoms with Gasteiger partial charge in [0.2, 0.25) is 0 Å². The normalized spacial score (nSPS) is 11.8. The highest BCUT2D eigenvalue weighted by Gasteiger charge is 2.32. The molecule has 0 radical (unpaired) electrons. The second-order valence-corrected chi connectivity index (χ2v) is 5.55. The molecule has 0 spiro atoms. The molecule has 0 amide bonds. The van der Waals surface area contributed by atoms with Gasteiger partial charge in [-0.15, -0.1) is 0 Å². The van der Waals surface area contributed by atoms with Gasteiger partial charge in [-0.25, -0.2) is 22.2 Å². The van der Waals surface area contributed by atoms with Crippen molar-refractivity contribution in [2.45, 2.75) is 11.3 Å². The summed E-state index contributed by atoms with van der Waals surface area (Å²) in [5, 5.41) is 9.45. The molecule has 0 unspecified atom stereocenters. The smallest absolute Gasteiger partial charge is 0.258 e. The van der Waals surface area contributed by atoms with E-state index in [9.17, 15) is 27.3 Å². The van der Waals surface area contributed by atoms with E-state index < -0.39 is 41.7 Å². The topological polar surface area (TPSA) is 90.2 Å². The highest BCUT2D eigenvalue weighted by Crippen LogP contribution is 2.37. The summed E-state index contributed by atoms with van der Waals surface area (Å²) in [6, 6.07) is 0. The zero-order valence-corrected chi connectivity index (χ0v) is 9.93. The van der Waals surface area contributed by atoms with Crippen LogP contribution in [0.5, 0.6) is 0 Å². The third kappa shape index (κ3) is 2.79. The van der Waals surface area contributed by atoms with Crippen molar-refractivity contribution in [2.75, 3.05) is 0 Å². The summed E-state index contributed by atoms with van der Waals surface area (Å²) >= 11 is 5.36. The molecule has 11 heteroatoms. The Labute approximate surface area is 103 Å². The fourth-order valence-electron chi connectivity index (χ4n) is 0.989. The monoisotopic (exact) mass is 306 g/mol. The molecule has 1 aromatic rings. The van der Waals surface area contributed by atoms with Crippen molar-refractivity contribution in [1.29, 1.82) is 0 Å². The van der Waals surface area contributed by atoms with E-state index in [1.807, 2.05) is 0 Å². The molecule has 0 N–H and O–H groups in total. The van der Waals surface area contributed by atoms with Gasteiger partial charge in [0.15, 0.2) is 0 Å². The zero-order valence-electron chi connectivity index (χ0n) is 7.60. The minimum absolute atomic E-state index is 0.440. The van der Waals surface area contributed by atoms with Crippen LogP contribution in [0, 0.1) is 10.1 Å². The second-order valence-electron chi connectivity index (χ2n) is 2.67. The quantitative estimate of drug-likeness (QED) is 0.486. The number of hydrogen-bond donors (Lipinski definition) is 0. The summed E-state index contributed by atoms with van der Waals surface area (Å²) in [6.07, 6.45) is -2.84. The summed E-state index contributed by atoms with van der Waals surface area (Å²) in [7, 11) is 0.210. The Hall–Kier alpha value is -1.06. The van der Waals surface area contributed by atoms with Crippen LogP contribution in [0.15, 0.2) is 11.1 Å². The Morgan fingerprint density at radius 3 is 2.35 bits per heavy atom. The number of nitro groups is 1. The molecule has 0 aromatic carbocycles. The van der Waals surface area contributed by atoms with Crippen molar-refractivity contribution in [1.82, 2.24) is 4.98 Å². The van der Waals surface area contributed by atoms with Gasteiger partial charge in [0.05, 0.1) is 4.92 Å². The van der Waals surface area contributed by atoms with Gasteiger partial charge in [-0.2, -0.15) is 0 Å². The lowest BCUT2D eigenvalue weighted by Crippen LogP contribution is -2.05. The molecule has 0 aliphatic heterocycles. The maximum absolute atomic E-state index is 12.5. The molecule has 1 aromatic heterocycles. The van der Waals surface area contributed by atoms with Gasteiger partial charge in [-0.05, 0) is 0 Å². The maximum Gasteiger partial charge on any atom is 0.307 e. The SMILES string of the molecule is O=[N+]([O-])c1cnc(C(F)F)c(S(=O)(=O)Cl)c1Cl. The number of alkyl halides is 2. The fraction of sp³-hybridized carbons (Fsp3) is 0.167. The van der Waals surface area contributed by atoms with Crippen LogP contribution in [0.3, 0.4) is 0 Å². The Bertz CT molecular complexity index is 578. The van der Waals surface area contributed by atoms with E-state index in [-0.39, 0.29) is 0 Å². The van der Waals surface area contributed by atoms with Crippen LogP contribution in [0.1, 0.15) is 12.1 Å². The van der Waals surface area contributed by atoms with E-state index >= 15 is 0 Å². The molecule has 0 bridgehead atoms. The Morgan fingerprint density at radius 2 is 2.00 bits per heavy atom. The first-order valence-corrected chi connectivity index (χ1v) is 6.40. The lowest BCUT2D eigenvalue weighted by atomic mass is 10.3. The molecular formula is C6H2Cl2F2N2O4S. The second kappa shape index (κ2) is 4.67. The summed E-state index contributed by atoms with van der Waals surface area (Å²) in [5.74, 6) is 0. The summed E-state index contributed by atoms with van der Waals surface area (Å²) in [4.78, 5) is 11.1. The summed E-state index contributed by atoms with van der Waals surface area (Å²) < 4.78 is 47.0. The minimum atomic E-state index is -4.67. The van der Waals surface area contributed by atoms with E-state index in [2.05, 4.69) is 4.98 Å². The molecule has 0 saturated heterocycles. The van der Waals surface area contributed by atoms with Crippen molar-refractivity contribution in [3.05, 3.63) is 27.0 Å². The van der Waals surface area contributed by atoms with Gasteiger partial charge < -0.3 is 0 Å². The fourth-order valence-corrected chi connectivity index (χ4v) is 2.81. The van der Waals surface area contributed by atoms with E-state index in [0.717, 1.165) is 0 Å². The van der Waals surface area contributed by atoms with Gasteiger partial charge >= 0.3 is 5.69 Å². The highest BCUT2D eigenvalue weighted by molar-refractivity contribution is 8.13. The zero-order chi connectivity index (χ0) is 13.4. The Balaban J connectivity index is 3.72. The van der Waals surface area contributed by atoms with Gasteiger partial charge in [0.1, 0.15) is 21.8 Å². The van der Waals surface area contributed by atoms with Crippen LogP contribution >= 0.6 is 22.3 Å². The van der Waals surface area contributed by atoms with Crippen molar-refractivity contribution >= 4 is 37.0 Å². The third-order valence-corrected chi connectivity index (χ3v) is 3.49. The third-order valence-electron chi connectivity index (χ3n) is 1.63. The van der Waals surface area contributed by atoms with E-state index in [4.69, 9.17) is 22.3 Å². The first kappa shape index (κ1) is 14.0. The molecule has 0 atom stereocenters. The van der Waals surface area contributed by atoms with Crippen LogP contribution < -0.4 is 0 Å². The molecule has 0 saturated carbocycles. The average molecular weight is 307 g/mol. The van der Waals surface area contributed by atoms with Gasteiger partial charge in [0, 0.05) is 10.7 Å². The number of hydrogen-bond acceptors (Lipinski definition) is 5. The largest absolute Gasteiger partial charge is 0.307 e. The van der Waals surface area contributed by atoms with Crippen LogP contribution in [0.2, 0.25) is 5.02 Å². The first-order chi connectivity index (χ1) is 7.66. The van der Waals surface area contributed by atoms with Crippen molar-refractivity contribution < 1.29 is 22.1 Å². The Kier molecular flexibility index (Phi) is 3.84. The molecule has 6 nitrogen and oxygen atoms in total. The molecule has 1 heterocycles. The number of nitrogens with zero attached hydrogens (tertiary/aromatic N) is 2. The van der Waals surface area contributed by atoms with Crippen molar-refractivity contribution in [3.8, 4) is 0 Å². The lowest BCUT2D eigenvalue weighted by Gasteiger charge is -2.06. The molecule has 94 valence electrons. The van der Waals surface area contributed by atoms with E-state index in [1.54, 1.807) is 0 Å². The standard InChI is InChI=1S/C6H2Cl2F2N2O4S/c7-3-2(12(13)14)1-11-4(6(9)10)5(3)17(8,15)16/h1,6H. The lowest BCUT2D eigenvalue weighted by molar-refractivity contribution is -0.385. The number of aromatic nitrogens is 1. The predicted octanol–water partition coefficient (Wildman–Crippen LogP) is 2.51. The highest BCUT2D eigenvalue weighted by atomic mass is 35.7. The first-order valence-electron chi connectivity index (χ1n) is 3.72. The van der Waals surface area contributed by atoms with Gasteiger partial charge in [-0.3, -0.25) is 10.1 Å². The van der Waals surface area contributed by atoms with Gasteiger partial charge in [0.25, 0.3) is 15.5 Å². The Morgan fingerprint density at radius 1 is 1.47 bits per heavy atom. The summed E-state index contributed by atoms with van der Waals surface area (Å²) in [5.41, 5.74) is -2.15. The van der Waals surface area contributed by atoms with Crippen molar-refractivity contribution in [2.24, 2.45) is 0 Å². The number of halogens is 4. The van der Waals surface area contributed by atoms with Crippen LogP contribution in [0.25, 0.3) is 0 Å². The van der Waals surface area contributed by atoms with E-state index in [0.29, 0.717) is 6.20 Å². The van der Waals surface area contributed by atoms with Gasteiger partial charge in [-0.1, -0.05) is 11.6 Å². The molecule has 0 aliphatic rings. The van der Waals surface area contributed by atoms with Crippen LogP contribution in [-0.2, 0) is 9.05 Å². The van der Waals surface area contributed by atoms with Crippen LogP contribution in [0.4, 0.5) is 14.5 Å². The van der Waals surface area contributed by atoms with Crippen LogP contribution in [-0.4, -0.2) is 18.3 Å².